The van der Waals surface area contributed by atoms with Crippen molar-refractivity contribution in [2.75, 3.05) is 25.6 Å². The molecule has 0 saturated heterocycles. The zero-order chi connectivity index (χ0) is 14.2. The van der Waals surface area contributed by atoms with E-state index in [-0.39, 0.29) is 0 Å². The molecule has 2 aromatic carbocycles. The summed E-state index contributed by atoms with van der Waals surface area (Å²) in [6.07, 6.45) is 0. The molecule has 0 heterocycles. The van der Waals surface area contributed by atoms with Gasteiger partial charge in [0.2, 0.25) is 0 Å². The second-order valence-electron chi connectivity index (χ2n) is 4.70. The smallest absolute Gasteiger partial charge is 0.118 e. The van der Waals surface area contributed by atoms with E-state index in [0.717, 1.165) is 23.5 Å². The first-order chi connectivity index (χ1) is 9.78. The minimum absolute atomic E-state index is 0.624. The third kappa shape index (κ3) is 4.59. The lowest BCUT2D eigenvalue weighted by molar-refractivity contribution is 0.130. The largest absolute Gasteiger partial charge is 0.497 e. The van der Waals surface area contributed by atoms with Gasteiger partial charge in [-0.3, -0.25) is 0 Å². The van der Waals surface area contributed by atoms with Gasteiger partial charge in [0.05, 0.1) is 20.3 Å². The Morgan fingerprint density at radius 2 is 1.85 bits per heavy atom. The van der Waals surface area contributed by atoms with Gasteiger partial charge in [-0.15, -0.1) is 0 Å². The minimum Gasteiger partial charge on any atom is -0.497 e. The number of benzene rings is 2. The van der Waals surface area contributed by atoms with Crippen LogP contribution in [0.1, 0.15) is 11.1 Å². The predicted molar refractivity (Wildman–Crippen MR) is 82.3 cm³/mol. The molecule has 20 heavy (non-hydrogen) atoms. The van der Waals surface area contributed by atoms with Gasteiger partial charge in [0, 0.05) is 12.2 Å². The van der Waals surface area contributed by atoms with Crippen LogP contribution in [0.4, 0.5) is 5.69 Å². The van der Waals surface area contributed by atoms with Crippen molar-refractivity contribution in [1.82, 2.24) is 0 Å². The van der Waals surface area contributed by atoms with E-state index in [2.05, 4.69) is 36.5 Å². The molecule has 3 heteroatoms. The topological polar surface area (TPSA) is 30.5 Å². The van der Waals surface area contributed by atoms with E-state index < -0.39 is 0 Å². The number of anilines is 1. The van der Waals surface area contributed by atoms with Crippen LogP contribution in [0.2, 0.25) is 0 Å². The van der Waals surface area contributed by atoms with Crippen LogP contribution in [0.5, 0.6) is 5.75 Å². The van der Waals surface area contributed by atoms with Gasteiger partial charge in [0.25, 0.3) is 0 Å². The molecule has 0 fully saturated rings. The maximum absolute atomic E-state index is 5.64. The Morgan fingerprint density at radius 3 is 2.55 bits per heavy atom. The fourth-order valence-electron chi connectivity index (χ4n) is 1.93. The second-order valence-corrected chi connectivity index (χ2v) is 4.70. The molecule has 0 aromatic heterocycles. The van der Waals surface area contributed by atoms with Crippen molar-refractivity contribution < 1.29 is 9.47 Å². The summed E-state index contributed by atoms with van der Waals surface area (Å²) in [6.45, 7) is 4.20. The van der Waals surface area contributed by atoms with Crippen molar-refractivity contribution in [1.29, 1.82) is 0 Å². The van der Waals surface area contributed by atoms with E-state index in [0.29, 0.717) is 13.2 Å². The Bertz CT molecular complexity index is 523. The molecule has 0 aliphatic carbocycles. The number of hydrogen-bond acceptors (Lipinski definition) is 3. The lowest BCUT2D eigenvalue weighted by atomic mass is 10.2. The zero-order valence-corrected chi connectivity index (χ0v) is 12.1. The number of ether oxygens (including phenoxy) is 2. The second kappa shape index (κ2) is 7.56. The lowest BCUT2D eigenvalue weighted by Crippen LogP contribution is -2.09. The van der Waals surface area contributed by atoms with Gasteiger partial charge in [-0.2, -0.15) is 0 Å². The molecule has 106 valence electrons. The van der Waals surface area contributed by atoms with E-state index in [1.165, 1.54) is 5.56 Å². The Kier molecular flexibility index (Phi) is 5.44. The molecule has 0 bridgehead atoms. The number of rotatable bonds is 7. The van der Waals surface area contributed by atoms with Crippen molar-refractivity contribution in [2.45, 2.75) is 13.5 Å². The van der Waals surface area contributed by atoms with Gasteiger partial charge in [0.15, 0.2) is 0 Å². The Balaban J connectivity index is 1.66. The third-order valence-electron chi connectivity index (χ3n) is 3.02. The molecule has 0 saturated carbocycles. The lowest BCUT2D eigenvalue weighted by Gasteiger charge is -2.08. The molecule has 2 rings (SSSR count). The molecule has 3 nitrogen and oxygen atoms in total. The summed E-state index contributed by atoms with van der Waals surface area (Å²) in [5.74, 6) is 0.870. The maximum atomic E-state index is 5.64. The first-order valence-electron chi connectivity index (χ1n) is 6.79. The SMILES string of the molecule is COc1ccc(COCCNc2cccc(C)c2)cc1. The van der Waals surface area contributed by atoms with Crippen LogP contribution in [0.15, 0.2) is 48.5 Å². The van der Waals surface area contributed by atoms with Crippen LogP contribution < -0.4 is 10.1 Å². The van der Waals surface area contributed by atoms with Crippen LogP contribution in [0, 0.1) is 6.92 Å². The van der Waals surface area contributed by atoms with Gasteiger partial charge in [0.1, 0.15) is 5.75 Å². The normalized spacial score (nSPS) is 10.3. The summed E-state index contributed by atoms with van der Waals surface area (Å²) in [5, 5.41) is 3.34. The summed E-state index contributed by atoms with van der Waals surface area (Å²) >= 11 is 0. The van der Waals surface area contributed by atoms with Crippen LogP contribution in [-0.2, 0) is 11.3 Å². The third-order valence-corrected chi connectivity index (χ3v) is 3.02. The van der Waals surface area contributed by atoms with Gasteiger partial charge >= 0.3 is 0 Å². The van der Waals surface area contributed by atoms with Crippen molar-refractivity contribution in [2.24, 2.45) is 0 Å². The van der Waals surface area contributed by atoms with Gasteiger partial charge < -0.3 is 14.8 Å². The monoisotopic (exact) mass is 271 g/mol. The Morgan fingerprint density at radius 1 is 1.05 bits per heavy atom. The van der Waals surface area contributed by atoms with Gasteiger partial charge in [-0.05, 0) is 42.3 Å². The van der Waals surface area contributed by atoms with Crippen molar-refractivity contribution in [3.8, 4) is 5.75 Å². The highest BCUT2D eigenvalue weighted by Crippen LogP contribution is 2.12. The molecule has 1 N–H and O–H groups in total. The fourth-order valence-corrected chi connectivity index (χ4v) is 1.93. The number of hydrogen-bond donors (Lipinski definition) is 1. The van der Waals surface area contributed by atoms with E-state index >= 15 is 0 Å². The average Bonchev–Trinajstić information content (AvgIpc) is 2.48. The summed E-state index contributed by atoms with van der Waals surface area (Å²) in [5.41, 5.74) is 3.55. The summed E-state index contributed by atoms with van der Waals surface area (Å²) in [7, 11) is 1.67. The van der Waals surface area contributed by atoms with Crippen LogP contribution >= 0.6 is 0 Å². The first kappa shape index (κ1) is 14.4. The fraction of sp³-hybridized carbons (Fsp3) is 0.294. The van der Waals surface area contributed by atoms with E-state index in [1.54, 1.807) is 7.11 Å². The highest BCUT2D eigenvalue weighted by molar-refractivity contribution is 5.45. The molecular formula is C17H21NO2. The quantitative estimate of drug-likeness (QED) is 0.780. The van der Waals surface area contributed by atoms with Crippen LogP contribution in [-0.4, -0.2) is 20.3 Å². The highest BCUT2D eigenvalue weighted by atomic mass is 16.5. The number of aryl methyl sites for hydroxylation is 1. The summed E-state index contributed by atoms with van der Waals surface area (Å²) < 4.78 is 10.8. The average molecular weight is 271 g/mol. The number of methoxy groups -OCH3 is 1. The van der Waals surface area contributed by atoms with Crippen molar-refractivity contribution in [3.05, 3.63) is 59.7 Å². The van der Waals surface area contributed by atoms with Crippen molar-refractivity contribution in [3.63, 3.8) is 0 Å². The summed E-state index contributed by atoms with van der Waals surface area (Å²) in [4.78, 5) is 0. The molecule has 0 amide bonds. The number of nitrogens with one attached hydrogen (secondary N) is 1. The standard InChI is InChI=1S/C17H21NO2/c1-14-4-3-5-16(12-14)18-10-11-20-13-15-6-8-17(19-2)9-7-15/h3-9,12,18H,10-11,13H2,1-2H3. The molecule has 0 aliphatic rings. The van der Waals surface area contributed by atoms with Crippen LogP contribution in [0.3, 0.4) is 0 Å². The molecule has 0 radical (unpaired) electrons. The van der Waals surface area contributed by atoms with E-state index in [9.17, 15) is 0 Å². The zero-order valence-electron chi connectivity index (χ0n) is 12.1. The Hall–Kier alpha value is -2.00. The maximum Gasteiger partial charge on any atom is 0.118 e. The Labute approximate surface area is 120 Å². The molecule has 2 aromatic rings. The molecule has 0 spiro atoms. The van der Waals surface area contributed by atoms with E-state index in [1.807, 2.05) is 24.3 Å². The van der Waals surface area contributed by atoms with E-state index in [4.69, 9.17) is 9.47 Å². The summed E-state index contributed by atoms with van der Waals surface area (Å²) in [6, 6.07) is 16.3. The predicted octanol–water partition coefficient (Wildman–Crippen LogP) is 3.63. The van der Waals surface area contributed by atoms with Gasteiger partial charge in [-0.1, -0.05) is 24.3 Å². The molecule has 0 unspecified atom stereocenters. The van der Waals surface area contributed by atoms with Crippen LogP contribution in [0.25, 0.3) is 0 Å². The van der Waals surface area contributed by atoms with Gasteiger partial charge in [-0.25, -0.2) is 0 Å². The highest BCUT2D eigenvalue weighted by Gasteiger charge is 1.96. The molecule has 0 atom stereocenters. The molecule has 0 aliphatic heterocycles. The van der Waals surface area contributed by atoms with Crippen molar-refractivity contribution >= 4 is 5.69 Å². The molecular weight excluding hydrogens is 250 g/mol. The first-order valence-corrected chi connectivity index (χ1v) is 6.79. The minimum atomic E-state index is 0.624.